The molecule has 2 aliphatic rings. The van der Waals surface area contributed by atoms with Gasteiger partial charge in [0.25, 0.3) is 0 Å². The Morgan fingerprint density at radius 1 is 0.842 bits per heavy atom. The van der Waals surface area contributed by atoms with E-state index < -0.39 is 0 Å². The van der Waals surface area contributed by atoms with Crippen molar-refractivity contribution in [2.45, 2.75) is 52.6 Å². The van der Waals surface area contributed by atoms with Crippen LogP contribution >= 0.6 is 0 Å². The number of rotatable bonds is 3. The summed E-state index contributed by atoms with van der Waals surface area (Å²) < 4.78 is 0. The number of halogens is 2. The van der Waals surface area contributed by atoms with E-state index in [1.165, 1.54) is 66.8 Å². The molecule has 0 bridgehead atoms. The van der Waals surface area contributed by atoms with Crippen LogP contribution in [0.1, 0.15) is 58.2 Å². The first kappa shape index (κ1) is 32.5. The van der Waals surface area contributed by atoms with Gasteiger partial charge in [0.2, 0.25) is 0 Å². The van der Waals surface area contributed by atoms with E-state index in [9.17, 15) is 0 Å². The van der Waals surface area contributed by atoms with E-state index in [2.05, 4.69) is 119 Å². The topological polar surface area (TPSA) is 0 Å². The number of fused-ring (bicyclic) bond motifs is 4. The molecule has 2 aliphatic carbocycles. The molecule has 0 spiro atoms. The van der Waals surface area contributed by atoms with E-state index in [1.807, 2.05) is 0 Å². The predicted molar refractivity (Wildman–Crippen MR) is 152 cm³/mol. The fourth-order valence-corrected chi connectivity index (χ4v) is 5.84. The Morgan fingerprint density at radius 3 is 2.26 bits per heavy atom. The number of benzene rings is 4. The number of allylic oxidation sites excluding steroid dienone is 1. The molecule has 0 saturated heterocycles. The van der Waals surface area contributed by atoms with Gasteiger partial charge in [0.05, 0.1) is 0 Å². The molecule has 0 saturated carbocycles. The second-order valence-electron chi connectivity index (χ2n) is 9.75. The zero-order valence-electron chi connectivity index (χ0n) is 22.8. The van der Waals surface area contributed by atoms with Gasteiger partial charge in [0, 0.05) is 15.4 Å². The van der Waals surface area contributed by atoms with E-state index in [4.69, 9.17) is 0 Å². The molecule has 3 radical (unpaired) electrons. The smallest absolute Gasteiger partial charge is 1.00 e. The maximum Gasteiger partial charge on any atom is 3.00 e. The van der Waals surface area contributed by atoms with E-state index in [0.717, 1.165) is 22.4 Å². The predicted octanol–water partition coefficient (Wildman–Crippen LogP) is 3.07. The first-order valence-corrected chi connectivity index (χ1v) is 14.7. The Balaban J connectivity index is 0.000000809. The molecular formula is C34H33Cl2SiZr. The minimum absolute atomic E-state index is 0. The van der Waals surface area contributed by atoms with Gasteiger partial charge in [-0.3, -0.25) is 0 Å². The fraction of sp³-hybridized carbons (Fsp3) is 0.235. The van der Waals surface area contributed by atoms with Crippen LogP contribution in [-0.2, 0) is 32.6 Å². The van der Waals surface area contributed by atoms with Crippen molar-refractivity contribution >= 4 is 15.6 Å². The van der Waals surface area contributed by atoms with Crippen LogP contribution in [0.2, 0.25) is 13.1 Å². The van der Waals surface area contributed by atoms with E-state index >= 15 is 0 Å². The van der Waals surface area contributed by atoms with Crippen LogP contribution < -0.4 is 24.8 Å². The van der Waals surface area contributed by atoms with Gasteiger partial charge in [0.1, 0.15) is 0 Å². The molecule has 0 amide bonds. The zero-order chi connectivity index (χ0) is 24.5. The van der Waals surface area contributed by atoms with Gasteiger partial charge in [0.15, 0.2) is 0 Å². The third kappa shape index (κ3) is 5.90. The Labute approximate surface area is 263 Å². The first-order valence-electron chi connectivity index (χ1n) is 12.7. The van der Waals surface area contributed by atoms with Crippen molar-refractivity contribution < 1.29 is 51.0 Å². The summed E-state index contributed by atoms with van der Waals surface area (Å²) in [6.07, 6.45) is 4.53. The van der Waals surface area contributed by atoms with Crippen molar-refractivity contribution in [3.05, 3.63) is 123 Å². The molecule has 0 aliphatic heterocycles. The van der Waals surface area contributed by atoms with Crippen molar-refractivity contribution in [3.8, 4) is 22.3 Å². The first-order chi connectivity index (χ1) is 17.1. The Kier molecular flexibility index (Phi) is 12.1. The summed E-state index contributed by atoms with van der Waals surface area (Å²) in [6, 6.07) is 30.6. The fourth-order valence-electron chi connectivity index (χ4n) is 5.84. The number of hydrogen-bond acceptors (Lipinski definition) is 0. The van der Waals surface area contributed by atoms with Crippen molar-refractivity contribution in [2.24, 2.45) is 0 Å². The third-order valence-electron chi connectivity index (χ3n) is 7.33. The van der Waals surface area contributed by atoms with Crippen LogP contribution in [0.3, 0.4) is 0 Å². The molecule has 6 rings (SSSR count). The summed E-state index contributed by atoms with van der Waals surface area (Å²) >= 11 is 0. The van der Waals surface area contributed by atoms with Crippen molar-refractivity contribution in [1.29, 1.82) is 0 Å². The largest absolute Gasteiger partial charge is 3.00 e. The van der Waals surface area contributed by atoms with Gasteiger partial charge in [-0.25, -0.2) is 0 Å². The number of aryl methyl sites for hydroxylation is 2. The van der Waals surface area contributed by atoms with E-state index in [-0.39, 0.29) is 51.0 Å². The molecule has 191 valence electrons. The van der Waals surface area contributed by atoms with E-state index in [1.54, 1.807) is 0 Å². The molecule has 1 atom stereocenters. The van der Waals surface area contributed by atoms with Crippen LogP contribution in [0.5, 0.6) is 0 Å². The minimum Gasteiger partial charge on any atom is -1.00 e. The Hall–Kier alpha value is -1.70. The van der Waals surface area contributed by atoms with Crippen molar-refractivity contribution in [3.63, 3.8) is 0 Å². The van der Waals surface area contributed by atoms with Gasteiger partial charge in [-0.05, 0) is 65.6 Å². The maximum atomic E-state index is 3.69. The molecule has 0 N–H and O–H groups in total. The standard InChI is InChI=1S/C32H27.C2H6Si.2ClH.Zr/c1-4-22-18-30-26(24-16-15-20(2)17-21(24)3)11-7-13-28(30)32(22)29-14-8-12-27-25-10-6-5-9-23(25)19-31(27)29;1-3-2;;;/h5-13,15-18,32H,4,19H2,1-3H3;1-2H3;2*1H;/q-1;;;;+3/p-2. The molecule has 4 aromatic rings. The van der Waals surface area contributed by atoms with Gasteiger partial charge >= 0.3 is 26.2 Å². The maximum absolute atomic E-state index is 3.69. The average Bonchev–Trinajstić information content (AvgIpc) is 3.43. The van der Waals surface area contributed by atoms with Crippen molar-refractivity contribution in [2.75, 3.05) is 0 Å². The minimum atomic E-state index is 0. The third-order valence-corrected chi connectivity index (χ3v) is 7.33. The summed E-state index contributed by atoms with van der Waals surface area (Å²) in [5.41, 5.74) is 16.7. The average molecular weight is 632 g/mol. The molecule has 0 fully saturated rings. The summed E-state index contributed by atoms with van der Waals surface area (Å²) in [4.78, 5) is 0. The SMILES string of the molecule is CCC1=Cc2c(-c3ccc(C)cc3C)cccc2C1c1[c-]ccc2c1Cc1ccccc1-2.C[Si]C.[Cl-].[Cl-].[Zr+3]. The summed E-state index contributed by atoms with van der Waals surface area (Å²) in [5, 5.41) is 0. The van der Waals surface area contributed by atoms with Crippen LogP contribution in [0.25, 0.3) is 28.3 Å². The van der Waals surface area contributed by atoms with E-state index in [0.29, 0.717) is 5.92 Å². The Bertz CT molecular complexity index is 1440. The number of hydrogen-bond donors (Lipinski definition) is 0. The molecular weight excluding hydrogens is 599 g/mol. The molecule has 0 nitrogen and oxygen atoms in total. The molecule has 0 heterocycles. The molecule has 38 heavy (non-hydrogen) atoms. The summed E-state index contributed by atoms with van der Waals surface area (Å²) in [5.74, 6) is 0.296. The second kappa shape index (κ2) is 14.1. The molecule has 1 unspecified atom stereocenters. The van der Waals surface area contributed by atoms with Crippen LogP contribution in [0.4, 0.5) is 0 Å². The Morgan fingerprint density at radius 2 is 1.55 bits per heavy atom. The van der Waals surface area contributed by atoms with Gasteiger partial charge in [-0.2, -0.15) is 18.2 Å². The van der Waals surface area contributed by atoms with Crippen LogP contribution in [0, 0.1) is 19.9 Å². The van der Waals surface area contributed by atoms with Crippen molar-refractivity contribution in [1.82, 2.24) is 0 Å². The quantitative estimate of drug-likeness (QED) is 0.212. The normalized spacial score (nSPS) is 13.8. The van der Waals surface area contributed by atoms with Gasteiger partial charge in [-0.15, -0.1) is 16.7 Å². The van der Waals surface area contributed by atoms with Crippen LogP contribution in [0.15, 0.2) is 78.4 Å². The molecule has 0 aromatic heterocycles. The van der Waals surface area contributed by atoms with Gasteiger partial charge < -0.3 is 24.8 Å². The second-order valence-corrected chi connectivity index (χ2v) is 10.8. The molecule has 4 heteroatoms. The zero-order valence-corrected chi connectivity index (χ0v) is 27.7. The monoisotopic (exact) mass is 629 g/mol. The van der Waals surface area contributed by atoms with Gasteiger partial charge in [-0.1, -0.05) is 97.9 Å². The van der Waals surface area contributed by atoms with Crippen LogP contribution in [-0.4, -0.2) is 9.52 Å². The summed E-state index contributed by atoms with van der Waals surface area (Å²) in [7, 11) is 1.08. The molecule has 4 aromatic carbocycles. The summed E-state index contributed by atoms with van der Waals surface area (Å²) in [6.45, 7) is 11.0.